The second kappa shape index (κ2) is 5.34. The third-order valence-corrected chi connectivity index (χ3v) is 2.21. The lowest BCUT2D eigenvalue weighted by Gasteiger charge is -2.10. The van der Waals surface area contributed by atoms with Gasteiger partial charge in [-0.1, -0.05) is 20.3 Å². The van der Waals surface area contributed by atoms with Crippen LogP contribution in [0.5, 0.6) is 0 Å². The van der Waals surface area contributed by atoms with Crippen LogP contribution in [0.1, 0.15) is 26.7 Å². The summed E-state index contributed by atoms with van der Waals surface area (Å²) in [6, 6.07) is 3.42. The summed E-state index contributed by atoms with van der Waals surface area (Å²) < 4.78 is 0. The Bertz CT molecular complexity index is 321. The van der Waals surface area contributed by atoms with Crippen molar-refractivity contribution >= 4 is 17.4 Å². The van der Waals surface area contributed by atoms with Crippen LogP contribution in [0.4, 0.5) is 11.5 Å². The van der Waals surface area contributed by atoms with E-state index in [4.69, 9.17) is 5.73 Å². The highest BCUT2D eigenvalue weighted by Crippen LogP contribution is 2.10. The van der Waals surface area contributed by atoms with Crippen LogP contribution in [0.3, 0.4) is 0 Å². The minimum atomic E-state index is 0.00845. The molecule has 1 rings (SSSR count). The van der Waals surface area contributed by atoms with E-state index in [9.17, 15) is 4.79 Å². The Labute approximate surface area is 89.9 Å². The Kier molecular flexibility index (Phi) is 4.09. The van der Waals surface area contributed by atoms with Gasteiger partial charge in [-0.2, -0.15) is 0 Å². The Morgan fingerprint density at radius 2 is 2.33 bits per heavy atom. The molecule has 15 heavy (non-hydrogen) atoms. The van der Waals surface area contributed by atoms with Crippen molar-refractivity contribution in [2.75, 3.05) is 11.1 Å². The van der Waals surface area contributed by atoms with Crippen LogP contribution < -0.4 is 11.1 Å². The fraction of sp³-hybridized carbons (Fsp3) is 0.455. The predicted molar refractivity (Wildman–Crippen MR) is 61.4 cm³/mol. The van der Waals surface area contributed by atoms with Crippen LogP contribution >= 0.6 is 0 Å². The van der Waals surface area contributed by atoms with Gasteiger partial charge < -0.3 is 11.1 Å². The maximum absolute atomic E-state index is 11.6. The number of amides is 1. The number of nitrogens with one attached hydrogen (secondary N) is 1. The maximum atomic E-state index is 11.6. The minimum Gasteiger partial charge on any atom is -0.397 e. The molecule has 1 aromatic heterocycles. The number of aromatic nitrogens is 1. The largest absolute Gasteiger partial charge is 0.397 e. The van der Waals surface area contributed by atoms with Crippen molar-refractivity contribution in [3.63, 3.8) is 0 Å². The van der Waals surface area contributed by atoms with Crippen molar-refractivity contribution in [3.05, 3.63) is 18.3 Å². The number of rotatable bonds is 4. The second-order valence-electron chi connectivity index (χ2n) is 3.66. The summed E-state index contributed by atoms with van der Waals surface area (Å²) in [6.07, 6.45) is 3.42. The summed E-state index contributed by atoms with van der Waals surface area (Å²) in [4.78, 5) is 15.6. The van der Waals surface area contributed by atoms with Crippen molar-refractivity contribution in [1.29, 1.82) is 0 Å². The molecule has 0 saturated heterocycles. The highest BCUT2D eigenvalue weighted by Gasteiger charge is 2.11. The number of nitrogens with two attached hydrogens (primary N) is 1. The number of hydrogen-bond donors (Lipinski definition) is 2. The van der Waals surface area contributed by atoms with Gasteiger partial charge in [0.2, 0.25) is 5.91 Å². The number of pyridine rings is 1. The van der Waals surface area contributed by atoms with Crippen molar-refractivity contribution in [2.45, 2.75) is 26.7 Å². The lowest BCUT2D eigenvalue weighted by Crippen LogP contribution is -2.20. The van der Waals surface area contributed by atoms with Crippen LogP contribution in [0, 0.1) is 5.92 Å². The standard InChI is InChI=1S/C11H17N3O/c1-3-4-8(2)11(15)14-10-6-5-9(12)7-13-10/h5-8H,3-4,12H2,1-2H3,(H,13,14,15). The normalized spacial score (nSPS) is 12.1. The van der Waals surface area contributed by atoms with Gasteiger partial charge in [-0.15, -0.1) is 0 Å². The van der Waals surface area contributed by atoms with Gasteiger partial charge in [0.1, 0.15) is 5.82 Å². The summed E-state index contributed by atoms with van der Waals surface area (Å²) in [7, 11) is 0. The molecule has 0 aromatic carbocycles. The van der Waals surface area contributed by atoms with Gasteiger partial charge >= 0.3 is 0 Å². The van der Waals surface area contributed by atoms with E-state index in [-0.39, 0.29) is 11.8 Å². The quantitative estimate of drug-likeness (QED) is 0.793. The molecule has 1 unspecified atom stereocenters. The molecular formula is C11H17N3O. The highest BCUT2D eigenvalue weighted by molar-refractivity contribution is 5.91. The second-order valence-corrected chi connectivity index (χ2v) is 3.66. The Morgan fingerprint density at radius 1 is 1.60 bits per heavy atom. The van der Waals surface area contributed by atoms with Gasteiger partial charge in [-0.3, -0.25) is 4.79 Å². The molecule has 0 fully saturated rings. The molecule has 1 heterocycles. The molecule has 1 amide bonds. The van der Waals surface area contributed by atoms with E-state index in [1.54, 1.807) is 12.1 Å². The van der Waals surface area contributed by atoms with E-state index in [1.807, 2.05) is 6.92 Å². The van der Waals surface area contributed by atoms with Gasteiger partial charge in [0, 0.05) is 5.92 Å². The third-order valence-electron chi connectivity index (χ3n) is 2.21. The Hall–Kier alpha value is -1.58. The molecule has 1 aromatic rings. The molecule has 4 nitrogen and oxygen atoms in total. The van der Waals surface area contributed by atoms with E-state index < -0.39 is 0 Å². The molecule has 82 valence electrons. The number of anilines is 2. The topological polar surface area (TPSA) is 68.0 Å². The van der Waals surface area contributed by atoms with Crippen molar-refractivity contribution in [1.82, 2.24) is 4.98 Å². The van der Waals surface area contributed by atoms with Crippen molar-refractivity contribution in [3.8, 4) is 0 Å². The molecule has 0 spiro atoms. The van der Waals surface area contributed by atoms with Crippen LogP contribution in [0.25, 0.3) is 0 Å². The van der Waals surface area contributed by atoms with Crippen molar-refractivity contribution in [2.24, 2.45) is 5.92 Å². The third kappa shape index (κ3) is 3.58. The lowest BCUT2D eigenvalue weighted by molar-refractivity contribution is -0.119. The number of carbonyl (C=O) groups excluding carboxylic acids is 1. The Balaban J connectivity index is 2.54. The maximum Gasteiger partial charge on any atom is 0.228 e. The number of hydrogen-bond acceptors (Lipinski definition) is 3. The molecule has 0 radical (unpaired) electrons. The number of carbonyl (C=O) groups is 1. The van der Waals surface area contributed by atoms with E-state index in [0.717, 1.165) is 12.8 Å². The first-order valence-corrected chi connectivity index (χ1v) is 5.16. The number of nitrogens with zero attached hydrogens (tertiary/aromatic N) is 1. The zero-order valence-corrected chi connectivity index (χ0v) is 9.16. The van der Waals surface area contributed by atoms with E-state index in [1.165, 1.54) is 6.20 Å². The predicted octanol–water partition coefficient (Wildman–Crippen LogP) is 2.04. The molecule has 0 aliphatic heterocycles. The van der Waals surface area contributed by atoms with Gasteiger partial charge in [-0.05, 0) is 18.6 Å². The molecule has 0 aliphatic carbocycles. The first-order chi connectivity index (χ1) is 7.13. The SMILES string of the molecule is CCCC(C)C(=O)Nc1ccc(N)cn1. The van der Waals surface area contributed by atoms with Gasteiger partial charge in [0.15, 0.2) is 0 Å². The average Bonchev–Trinajstić information content (AvgIpc) is 2.22. The van der Waals surface area contributed by atoms with Gasteiger partial charge in [0.25, 0.3) is 0 Å². The molecule has 0 aliphatic rings. The molecule has 4 heteroatoms. The number of nitrogen functional groups attached to an aromatic ring is 1. The Morgan fingerprint density at radius 3 is 2.87 bits per heavy atom. The zero-order chi connectivity index (χ0) is 11.3. The fourth-order valence-corrected chi connectivity index (χ4v) is 1.29. The van der Waals surface area contributed by atoms with E-state index in [2.05, 4.69) is 17.2 Å². The van der Waals surface area contributed by atoms with E-state index in [0.29, 0.717) is 11.5 Å². The molecule has 3 N–H and O–H groups in total. The summed E-state index contributed by atoms with van der Waals surface area (Å²) in [5.41, 5.74) is 6.08. The monoisotopic (exact) mass is 207 g/mol. The van der Waals surface area contributed by atoms with Crippen molar-refractivity contribution < 1.29 is 4.79 Å². The minimum absolute atomic E-state index is 0.00845. The highest BCUT2D eigenvalue weighted by atomic mass is 16.1. The smallest absolute Gasteiger partial charge is 0.228 e. The first-order valence-electron chi connectivity index (χ1n) is 5.16. The fourth-order valence-electron chi connectivity index (χ4n) is 1.29. The van der Waals surface area contributed by atoms with E-state index >= 15 is 0 Å². The van der Waals surface area contributed by atoms with Gasteiger partial charge in [-0.25, -0.2) is 4.98 Å². The van der Waals surface area contributed by atoms with Gasteiger partial charge in [0.05, 0.1) is 11.9 Å². The molecular weight excluding hydrogens is 190 g/mol. The van der Waals surface area contributed by atoms with Crippen LogP contribution in [-0.4, -0.2) is 10.9 Å². The lowest BCUT2D eigenvalue weighted by atomic mass is 10.1. The molecule has 0 saturated carbocycles. The van der Waals surface area contributed by atoms with Crippen LogP contribution in [0.2, 0.25) is 0 Å². The average molecular weight is 207 g/mol. The molecule has 0 bridgehead atoms. The summed E-state index contributed by atoms with van der Waals surface area (Å²) >= 11 is 0. The summed E-state index contributed by atoms with van der Waals surface area (Å²) in [5, 5.41) is 2.75. The van der Waals surface area contributed by atoms with Crippen LogP contribution in [0.15, 0.2) is 18.3 Å². The molecule has 1 atom stereocenters. The zero-order valence-electron chi connectivity index (χ0n) is 9.16. The van der Waals surface area contributed by atoms with Crippen LogP contribution in [-0.2, 0) is 4.79 Å². The summed E-state index contributed by atoms with van der Waals surface area (Å²) in [5.74, 6) is 0.584. The summed E-state index contributed by atoms with van der Waals surface area (Å²) in [6.45, 7) is 3.97. The first kappa shape index (κ1) is 11.5.